The van der Waals surface area contributed by atoms with Crippen LogP contribution in [0.15, 0.2) is 24.3 Å². The molecule has 1 unspecified atom stereocenters. The molecule has 0 heterocycles. The van der Waals surface area contributed by atoms with E-state index in [1.165, 1.54) is 0 Å². The summed E-state index contributed by atoms with van der Waals surface area (Å²) < 4.78 is 0. The van der Waals surface area contributed by atoms with E-state index < -0.39 is 11.5 Å². The van der Waals surface area contributed by atoms with E-state index in [4.69, 9.17) is 15.9 Å². The SMILES string of the molecule is CC(C(=O)NC(C)(CO)CO)c1cccc(N)c1. The molecule has 0 radical (unpaired) electrons. The molecule has 5 heteroatoms. The highest BCUT2D eigenvalue weighted by atomic mass is 16.3. The average Bonchev–Trinajstić information content (AvgIpc) is 2.37. The number of benzene rings is 1. The number of carbonyl (C=O) groups is 1. The Hall–Kier alpha value is -1.59. The molecule has 0 aliphatic rings. The highest BCUT2D eigenvalue weighted by Crippen LogP contribution is 2.18. The number of hydrogen-bond donors (Lipinski definition) is 4. The maximum Gasteiger partial charge on any atom is 0.227 e. The minimum Gasteiger partial charge on any atom is -0.399 e. The van der Waals surface area contributed by atoms with Gasteiger partial charge in [-0.3, -0.25) is 4.79 Å². The van der Waals surface area contributed by atoms with Gasteiger partial charge in [-0.2, -0.15) is 0 Å². The fourth-order valence-corrected chi connectivity index (χ4v) is 1.51. The molecule has 0 aliphatic heterocycles. The minimum atomic E-state index is -1.01. The van der Waals surface area contributed by atoms with Crippen molar-refractivity contribution in [3.8, 4) is 0 Å². The van der Waals surface area contributed by atoms with Crippen molar-refractivity contribution in [3.05, 3.63) is 29.8 Å². The van der Waals surface area contributed by atoms with Crippen LogP contribution in [0.1, 0.15) is 25.3 Å². The van der Waals surface area contributed by atoms with Gasteiger partial charge in [0.15, 0.2) is 0 Å². The lowest BCUT2D eigenvalue weighted by Gasteiger charge is -2.28. The van der Waals surface area contributed by atoms with Gasteiger partial charge in [0, 0.05) is 5.69 Å². The van der Waals surface area contributed by atoms with Gasteiger partial charge < -0.3 is 21.3 Å². The van der Waals surface area contributed by atoms with Crippen molar-refractivity contribution in [2.45, 2.75) is 25.3 Å². The van der Waals surface area contributed by atoms with Crippen molar-refractivity contribution in [2.24, 2.45) is 0 Å². The van der Waals surface area contributed by atoms with E-state index in [0.29, 0.717) is 5.69 Å². The van der Waals surface area contributed by atoms with E-state index in [9.17, 15) is 4.79 Å². The van der Waals surface area contributed by atoms with Crippen molar-refractivity contribution in [1.82, 2.24) is 5.32 Å². The summed E-state index contributed by atoms with van der Waals surface area (Å²) in [5.74, 6) is -0.655. The Morgan fingerprint density at radius 3 is 2.56 bits per heavy atom. The second-order valence-corrected chi connectivity index (χ2v) is 4.76. The van der Waals surface area contributed by atoms with Gasteiger partial charge in [0.2, 0.25) is 5.91 Å². The highest BCUT2D eigenvalue weighted by molar-refractivity contribution is 5.84. The van der Waals surface area contributed by atoms with Crippen LogP contribution in [0.2, 0.25) is 0 Å². The lowest BCUT2D eigenvalue weighted by molar-refractivity contribution is -0.125. The largest absolute Gasteiger partial charge is 0.399 e. The van der Waals surface area contributed by atoms with Gasteiger partial charge in [-0.15, -0.1) is 0 Å². The van der Waals surface area contributed by atoms with Crippen LogP contribution in [0.25, 0.3) is 0 Å². The molecule has 0 saturated heterocycles. The molecule has 18 heavy (non-hydrogen) atoms. The highest BCUT2D eigenvalue weighted by Gasteiger charge is 2.27. The Bertz CT molecular complexity index is 416. The molecule has 5 nitrogen and oxygen atoms in total. The van der Waals surface area contributed by atoms with E-state index in [1.54, 1.807) is 32.0 Å². The third kappa shape index (κ3) is 3.45. The summed E-state index contributed by atoms with van der Waals surface area (Å²) in [5.41, 5.74) is 6.05. The van der Waals surface area contributed by atoms with Crippen LogP contribution in [-0.4, -0.2) is 34.9 Å². The lowest BCUT2D eigenvalue weighted by Crippen LogP contribution is -2.52. The molecule has 1 aromatic carbocycles. The molecule has 5 N–H and O–H groups in total. The molecule has 1 rings (SSSR count). The van der Waals surface area contributed by atoms with Crippen molar-refractivity contribution < 1.29 is 15.0 Å². The Morgan fingerprint density at radius 2 is 2.06 bits per heavy atom. The molecule has 0 spiro atoms. The number of nitrogens with two attached hydrogens (primary N) is 1. The summed E-state index contributed by atoms with van der Waals surface area (Å²) in [7, 11) is 0. The Kier molecular flexibility index (Phi) is 4.69. The van der Waals surface area contributed by atoms with Gasteiger partial charge in [-0.05, 0) is 31.5 Å². The number of amides is 1. The molecule has 0 bridgehead atoms. The zero-order valence-corrected chi connectivity index (χ0v) is 10.7. The van der Waals surface area contributed by atoms with Crippen molar-refractivity contribution in [1.29, 1.82) is 0 Å². The monoisotopic (exact) mass is 252 g/mol. The van der Waals surface area contributed by atoms with Crippen LogP contribution >= 0.6 is 0 Å². The second kappa shape index (κ2) is 5.84. The first-order chi connectivity index (χ1) is 8.41. The molecule has 1 atom stereocenters. The van der Waals surface area contributed by atoms with E-state index in [0.717, 1.165) is 5.56 Å². The number of hydrogen-bond acceptors (Lipinski definition) is 4. The van der Waals surface area contributed by atoms with Crippen LogP contribution < -0.4 is 11.1 Å². The maximum atomic E-state index is 12.0. The minimum absolute atomic E-state index is 0.258. The van der Waals surface area contributed by atoms with Gasteiger partial charge >= 0.3 is 0 Å². The second-order valence-electron chi connectivity index (χ2n) is 4.76. The molecule has 1 aromatic rings. The fraction of sp³-hybridized carbons (Fsp3) is 0.462. The summed E-state index contributed by atoms with van der Waals surface area (Å²) in [4.78, 5) is 12.0. The van der Waals surface area contributed by atoms with Gasteiger partial charge in [0.05, 0.1) is 24.7 Å². The van der Waals surface area contributed by atoms with E-state index >= 15 is 0 Å². The van der Waals surface area contributed by atoms with E-state index in [-0.39, 0.29) is 19.1 Å². The normalized spacial score (nSPS) is 13.1. The standard InChI is InChI=1S/C13H20N2O3/c1-9(10-4-3-5-11(14)6-10)12(18)15-13(2,7-16)8-17/h3-6,9,16-17H,7-8,14H2,1-2H3,(H,15,18). The number of nitrogens with one attached hydrogen (secondary N) is 1. The smallest absolute Gasteiger partial charge is 0.227 e. The number of rotatable bonds is 5. The molecule has 0 saturated carbocycles. The van der Waals surface area contributed by atoms with Gasteiger partial charge in [-0.1, -0.05) is 12.1 Å². The number of aliphatic hydroxyl groups is 2. The maximum absolute atomic E-state index is 12.0. The molecular weight excluding hydrogens is 232 g/mol. The zero-order valence-electron chi connectivity index (χ0n) is 10.7. The molecule has 0 aromatic heterocycles. The lowest BCUT2D eigenvalue weighted by atomic mass is 9.97. The number of nitrogen functional groups attached to an aromatic ring is 1. The van der Waals surface area contributed by atoms with E-state index in [1.807, 2.05) is 6.07 Å². The van der Waals surface area contributed by atoms with Crippen molar-refractivity contribution >= 4 is 11.6 Å². The van der Waals surface area contributed by atoms with Crippen LogP contribution in [0.3, 0.4) is 0 Å². The summed E-state index contributed by atoms with van der Waals surface area (Å²) in [6.45, 7) is 2.69. The first-order valence-corrected chi connectivity index (χ1v) is 5.81. The first-order valence-electron chi connectivity index (χ1n) is 5.81. The number of anilines is 1. The summed E-state index contributed by atoms with van der Waals surface area (Å²) in [5, 5.41) is 20.9. The topological polar surface area (TPSA) is 95.6 Å². The van der Waals surface area contributed by atoms with Crippen LogP contribution in [0.4, 0.5) is 5.69 Å². The van der Waals surface area contributed by atoms with Crippen LogP contribution in [0, 0.1) is 0 Å². The van der Waals surface area contributed by atoms with Crippen LogP contribution in [0.5, 0.6) is 0 Å². The van der Waals surface area contributed by atoms with Gasteiger partial charge in [-0.25, -0.2) is 0 Å². The summed E-state index contributed by atoms with van der Waals surface area (Å²) in [6.07, 6.45) is 0. The third-order valence-corrected chi connectivity index (χ3v) is 2.93. The zero-order chi connectivity index (χ0) is 13.8. The van der Waals surface area contributed by atoms with Crippen molar-refractivity contribution in [2.75, 3.05) is 18.9 Å². The predicted molar refractivity (Wildman–Crippen MR) is 70.0 cm³/mol. The molecule has 100 valence electrons. The first kappa shape index (κ1) is 14.5. The molecule has 0 aliphatic carbocycles. The predicted octanol–water partition coefficient (Wildman–Crippen LogP) is 0.232. The molecule has 1 amide bonds. The van der Waals surface area contributed by atoms with E-state index in [2.05, 4.69) is 5.32 Å². The van der Waals surface area contributed by atoms with Gasteiger partial charge in [0.1, 0.15) is 0 Å². The Morgan fingerprint density at radius 1 is 1.44 bits per heavy atom. The van der Waals surface area contributed by atoms with Crippen molar-refractivity contribution in [3.63, 3.8) is 0 Å². The Balaban J connectivity index is 2.79. The molecule has 0 fully saturated rings. The summed E-state index contributed by atoms with van der Waals surface area (Å²) >= 11 is 0. The van der Waals surface area contributed by atoms with Crippen LogP contribution in [-0.2, 0) is 4.79 Å². The summed E-state index contributed by atoms with van der Waals surface area (Å²) in [6, 6.07) is 7.08. The Labute approximate surface area is 107 Å². The molecular formula is C13H20N2O3. The average molecular weight is 252 g/mol. The quantitative estimate of drug-likeness (QED) is 0.564. The number of aliphatic hydroxyl groups excluding tert-OH is 2. The number of carbonyl (C=O) groups excluding carboxylic acids is 1. The van der Waals surface area contributed by atoms with Gasteiger partial charge in [0.25, 0.3) is 0 Å². The third-order valence-electron chi connectivity index (χ3n) is 2.93. The fourth-order valence-electron chi connectivity index (χ4n) is 1.51.